The molecule has 0 bridgehead atoms. The summed E-state index contributed by atoms with van der Waals surface area (Å²) in [5.41, 5.74) is -0.338. The maximum Gasteiger partial charge on any atom is 0.303 e. The van der Waals surface area contributed by atoms with E-state index in [1.807, 2.05) is 0 Å². The first-order valence-corrected chi connectivity index (χ1v) is 7.28. The highest BCUT2D eigenvalue weighted by molar-refractivity contribution is 5.97. The van der Waals surface area contributed by atoms with Gasteiger partial charge in [-0.2, -0.15) is 0 Å². The van der Waals surface area contributed by atoms with Gasteiger partial charge in [-0.15, -0.1) is 0 Å². The molecule has 0 unspecified atom stereocenters. The molecule has 0 amide bonds. The fourth-order valence-corrected chi connectivity index (χ4v) is 2.72. The Morgan fingerprint density at radius 1 is 1.00 bits per heavy atom. The third-order valence-electron chi connectivity index (χ3n) is 3.94. The molecule has 0 fully saturated rings. The van der Waals surface area contributed by atoms with Crippen molar-refractivity contribution in [3.8, 4) is 22.8 Å². The van der Waals surface area contributed by atoms with Gasteiger partial charge in [-0.3, -0.25) is 14.9 Å². The fourth-order valence-electron chi connectivity index (χ4n) is 2.72. The highest BCUT2D eigenvalue weighted by atomic mass is 16.6. The highest BCUT2D eigenvalue weighted by Crippen LogP contribution is 2.35. The van der Waals surface area contributed by atoms with Gasteiger partial charge in [-0.05, 0) is 42.5 Å². The minimum atomic E-state index is -0.551. The van der Waals surface area contributed by atoms with Gasteiger partial charge in [0.2, 0.25) is 0 Å². The number of aromatic nitrogens is 1. The summed E-state index contributed by atoms with van der Waals surface area (Å²) in [7, 11) is 2.96. The second kappa shape index (κ2) is 6.16. The molecule has 3 aromatic rings. The van der Waals surface area contributed by atoms with Crippen molar-refractivity contribution in [3.05, 3.63) is 62.9 Å². The molecule has 0 aliphatic rings. The molecule has 2 N–H and O–H groups in total. The lowest BCUT2D eigenvalue weighted by Gasteiger charge is -2.12. The molecule has 3 rings (SSSR count). The van der Waals surface area contributed by atoms with E-state index in [0.29, 0.717) is 17.1 Å². The van der Waals surface area contributed by atoms with Gasteiger partial charge in [0.15, 0.2) is 5.69 Å². The van der Waals surface area contributed by atoms with Crippen LogP contribution >= 0.6 is 0 Å². The van der Waals surface area contributed by atoms with E-state index in [2.05, 4.69) is 0 Å². The predicted octanol–water partition coefficient (Wildman–Crippen LogP) is 2.31. The molecular formula is C17H15N3O5. The van der Waals surface area contributed by atoms with Crippen LogP contribution in [0, 0.1) is 10.1 Å². The molecule has 0 aliphatic carbocycles. The number of nitrogens with two attached hydrogens (primary N) is 1. The average molecular weight is 341 g/mol. The van der Waals surface area contributed by atoms with Gasteiger partial charge in [-0.1, -0.05) is 0 Å². The van der Waals surface area contributed by atoms with E-state index in [0.717, 1.165) is 4.68 Å². The summed E-state index contributed by atoms with van der Waals surface area (Å²) in [6, 6.07) is 11.0. The largest absolute Gasteiger partial charge is 0.497 e. The molecule has 128 valence electrons. The number of hydrogen-bond donors (Lipinski definition) is 1. The maximum absolute atomic E-state index is 12.6. The molecule has 0 saturated heterocycles. The quantitative estimate of drug-likeness (QED) is 0.443. The summed E-state index contributed by atoms with van der Waals surface area (Å²) < 4.78 is 11.0. The van der Waals surface area contributed by atoms with Gasteiger partial charge in [0, 0.05) is 5.56 Å². The van der Waals surface area contributed by atoms with Crippen molar-refractivity contribution in [1.82, 2.24) is 4.68 Å². The fraction of sp³-hybridized carbons (Fsp3) is 0.118. The zero-order valence-corrected chi connectivity index (χ0v) is 13.6. The number of fused-ring (bicyclic) bond motifs is 1. The van der Waals surface area contributed by atoms with E-state index >= 15 is 0 Å². The zero-order chi connectivity index (χ0) is 18.1. The van der Waals surface area contributed by atoms with Crippen molar-refractivity contribution < 1.29 is 14.4 Å². The number of hydrogen-bond acceptors (Lipinski definition) is 6. The van der Waals surface area contributed by atoms with Crippen molar-refractivity contribution in [2.75, 3.05) is 20.1 Å². The average Bonchev–Trinajstić information content (AvgIpc) is 2.64. The SMILES string of the molecule is COc1ccc(-c2c([N+](=O)[O-])c3ccc(OC)cc3c(=O)n2N)cc1. The predicted molar refractivity (Wildman–Crippen MR) is 93.6 cm³/mol. The molecule has 0 saturated carbocycles. The minimum Gasteiger partial charge on any atom is -0.497 e. The van der Waals surface area contributed by atoms with Crippen LogP contribution in [0.3, 0.4) is 0 Å². The monoisotopic (exact) mass is 341 g/mol. The van der Waals surface area contributed by atoms with E-state index in [4.69, 9.17) is 15.3 Å². The molecule has 8 nitrogen and oxygen atoms in total. The standard InChI is InChI=1S/C17H15N3O5/c1-24-11-5-3-10(4-6-11)15-16(20(22)23)13-8-7-12(25-2)9-14(13)17(21)19(15)18/h3-9H,18H2,1-2H3. The second-order valence-corrected chi connectivity index (χ2v) is 5.27. The van der Waals surface area contributed by atoms with Crippen LogP contribution in [0.4, 0.5) is 5.69 Å². The van der Waals surface area contributed by atoms with E-state index in [1.165, 1.54) is 26.4 Å². The van der Waals surface area contributed by atoms with Gasteiger partial charge in [0.1, 0.15) is 11.5 Å². The van der Waals surface area contributed by atoms with Crippen LogP contribution in [-0.2, 0) is 0 Å². The van der Waals surface area contributed by atoms with Crippen LogP contribution in [0.15, 0.2) is 47.3 Å². The van der Waals surface area contributed by atoms with Crippen LogP contribution in [-0.4, -0.2) is 23.8 Å². The van der Waals surface area contributed by atoms with Gasteiger partial charge in [0.05, 0.1) is 29.9 Å². The van der Waals surface area contributed by atoms with E-state index in [-0.39, 0.29) is 22.2 Å². The topological polar surface area (TPSA) is 110 Å². The van der Waals surface area contributed by atoms with E-state index in [1.54, 1.807) is 30.3 Å². The molecule has 0 aliphatic heterocycles. The van der Waals surface area contributed by atoms with Crippen molar-refractivity contribution in [3.63, 3.8) is 0 Å². The third-order valence-corrected chi connectivity index (χ3v) is 3.94. The van der Waals surface area contributed by atoms with Crippen LogP contribution in [0.2, 0.25) is 0 Å². The second-order valence-electron chi connectivity index (χ2n) is 5.27. The molecule has 2 aromatic carbocycles. The Bertz CT molecular complexity index is 1030. The molecule has 1 heterocycles. The van der Waals surface area contributed by atoms with Crippen molar-refractivity contribution >= 4 is 16.5 Å². The molecule has 8 heteroatoms. The Morgan fingerprint density at radius 2 is 1.60 bits per heavy atom. The lowest BCUT2D eigenvalue weighted by Crippen LogP contribution is -2.29. The van der Waals surface area contributed by atoms with Gasteiger partial charge < -0.3 is 15.3 Å². The van der Waals surface area contributed by atoms with Crippen molar-refractivity contribution in [2.24, 2.45) is 0 Å². The van der Waals surface area contributed by atoms with Crippen LogP contribution in [0.5, 0.6) is 11.5 Å². The number of methoxy groups -OCH3 is 2. The normalized spacial score (nSPS) is 10.6. The first kappa shape index (κ1) is 16.3. The Balaban J connectivity index is 2.41. The summed E-state index contributed by atoms with van der Waals surface area (Å²) in [6.07, 6.45) is 0. The Kier molecular flexibility index (Phi) is 4.02. The molecular weight excluding hydrogens is 326 g/mol. The number of pyridine rings is 1. The molecule has 0 atom stereocenters. The summed E-state index contributed by atoms with van der Waals surface area (Å²) in [5, 5.41) is 12.0. The van der Waals surface area contributed by atoms with Crippen molar-refractivity contribution in [1.29, 1.82) is 0 Å². The molecule has 0 radical (unpaired) electrons. The van der Waals surface area contributed by atoms with Gasteiger partial charge in [-0.25, -0.2) is 4.68 Å². The first-order valence-electron chi connectivity index (χ1n) is 7.28. The van der Waals surface area contributed by atoms with Crippen LogP contribution < -0.4 is 20.9 Å². The maximum atomic E-state index is 12.6. The summed E-state index contributed by atoms with van der Waals surface area (Å²) in [4.78, 5) is 23.8. The van der Waals surface area contributed by atoms with Crippen molar-refractivity contribution in [2.45, 2.75) is 0 Å². The Morgan fingerprint density at radius 3 is 2.16 bits per heavy atom. The number of benzene rings is 2. The number of rotatable bonds is 4. The summed E-state index contributed by atoms with van der Waals surface area (Å²) >= 11 is 0. The lowest BCUT2D eigenvalue weighted by atomic mass is 10.0. The smallest absolute Gasteiger partial charge is 0.303 e. The zero-order valence-electron chi connectivity index (χ0n) is 13.6. The molecule has 25 heavy (non-hydrogen) atoms. The van der Waals surface area contributed by atoms with Gasteiger partial charge in [0.25, 0.3) is 5.56 Å². The van der Waals surface area contributed by atoms with Gasteiger partial charge >= 0.3 is 5.69 Å². The number of nitrogens with zero attached hydrogens (tertiary/aromatic N) is 2. The highest BCUT2D eigenvalue weighted by Gasteiger charge is 2.26. The minimum absolute atomic E-state index is 0.0234. The third kappa shape index (κ3) is 2.63. The van der Waals surface area contributed by atoms with E-state index in [9.17, 15) is 14.9 Å². The Labute approximate surface area is 142 Å². The van der Waals surface area contributed by atoms with Crippen LogP contribution in [0.1, 0.15) is 0 Å². The molecule has 0 spiro atoms. The number of nitro groups is 1. The lowest BCUT2D eigenvalue weighted by molar-refractivity contribution is -0.382. The first-order chi connectivity index (χ1) is 12.0. The summed E-state index contributed by atoms with van der Waals surface area (Å²) in [6.45, 7) is 0. The molecule has 1 aromatic heterocycles. The number of ether oxygens (including phenoxy) is 2. The van der Waals surface area contributed by atoms with Crippen LogP contribution in [0.25, 0.3) is 22.0 Å². The van der Waals surface area contributed by atoms with E-state index < -0.39 is 10.5 Å². The number of nitrogen functional groups attached to an aromatic ring is 1. The summed E-state index contributed by atoms with van der Waals surface area (Å²) in [5.74, 6) is 6.91. The Hall–Kier alpha value is -3.55.